The van der Waals surface area contributed by atoms with Crippen LogP contribution in [0, 0.1) is 6.08 Å². The van der Waals surface area contributed by atoms with Crippen molar-refractivity contribution in [2.45, 2.75) is 19.0 Å². The van der Waals surface area contributed by atoms with Crippen LogP contribution in [0.4, 0.5) is 10.2 Å². The van der Waals surface area contributed by atoms with Crippen LogP contribution in [-0.2, 0) is 6.54 Å². The maximum atomic E-state index is 13.8. The number of aromatic nitrogens is 4. The first-order chi connectivity index (χ1) is 11.3. The van der Waals surface area contributed by atoms with Gasteiger partial charge in [0.15, 0.2) is 17.0 Å². The second kappa shape index (κ2) is 5.92. The van der Waals surface area contributed by atoms with Gasteiger partial charge in [-0.2, -0.15) is 14.4 Å². The maximum absolute atomic E-state index is 13.8. The average Bonchev–Trinajstić information content (AvgIpc) is 3.22. The van der Waals surface area contributed by atoms with Crippen molar-refractivity contribution in [1.82, 2.24) is 24.8 Å². The summed E-state index contributed by atoms with van der Waals surface area (Å²) in [5.74, 6) is 0.432. The summed E-state index contributed by atoms with van der Waals surface area (Å²) in [5.41, 5.74) is 2.25. The Balaban J connectivity index is 1.66. The van der Waals surface area contributed by atoms with Gasteiger partial charge in [-0.15, -0.1) is 0 Å². The highest BCUT2D eigenvalue weighted by molar-refractivity contribution is 5.82. The third-order valence-corrected chi connectivity index (χ3v) is 4.12. The highest BCUT2D eigenvalue weighted by Gasteiger charge is 2.21. The Morgan fingerprint density at radius 1 is 1.26 bits per heavy atom. The van der Waals surface area contributed by atoms with Gasteiger partial charge >= 0.3 is 6.08 Å². The highest BCUT2D eigenvalue weighted by Crippen LogP contribution is 2.24. The average molecular weight is 312 g/mol. The summed E-state index contributed by atoms with van der Waals surface area (Å²) in [6, 6.07) is 10.2. The molecule has 1 aromatic carbocycles. The molecule has 0 spiro atoms. The van der Waals surface area contributed by atoms with Gasteiger partial charge in [-0.3, -0.25) is 0 Å². The van der Waals surface area contributed by atoms with Crippen LogP contribution in [-0.4, -0.2) is 32.6 Å². The molecule has 0 amide bonds. The lowest BCUT2D eigenvalue weighted by Gasteiger charge is -2.11. The number of hydrogen-bond acceptors (Lipinski definition) is 5. The van der Waals surface area contributed by atoms with Crippen molar-refractivity contribution in [3.05, 3.63) is 48.3 Å². The van der Waals surface area contributed by atoms with Crippen LogP contribution in [0.1, 0.15) is 18.0 Å². The minimum absolute atomic E-state index is 0.260. The number of anilines is 1. The highest BCUT2D eigenvalue weighted by atomic mass is 19.1. The van der Waals surface area contributed by atoms with Crippen LogP contribution in [0.5, 0.6) is 0 Å². The minimum atomic E-state index is -0.735. The number of nitrogens with zero attached hydrogens (tertiary/aromatic N) is 4. The van der Waals surface area contributed by atoms with E-state index in [2.05, 4.69) is 25.6 Å². The van der Waals surface area contributed by atoms with Crippen LogP contribution in [0.25, 0.3) is 11.2 Å². The Morgan fingerprint density at radius 2 is 2.13 bits per heavy atom. The Bertz CT molecular complexity index is 810. The molecule has 2 aromatic heterocycles. The first kappa shape index (κ1) is 14.1. The van der Waals surface area contributed by atoms with Crippen LogP contribution in [0.3, 0.4) is 0 Å². The maximum Gasteiger partial charge on any atom is 0.312 e. The second-order valence-electron chi connectivity index (χ2n) is 5.65. The van der Waals surface area contributed by atoms with Gasteiger partial charge in [0.2, 0.25) is 0 Å². The third kappa shape index (κ3) is 2.75. The van der Waals surface area contributed by atoms with E-state index in [1.165, 1.54) is 0 Å². The molecule has 0 bridgehead atoms. The van der Waals surface area contributed by atoms with E-state index in [0.717, 1.165) is 25.1 Å². The lowest BCUT2D eigenvalue weighted by atomic mass is 10.2. The summed E-state index contributed by atoms with van der Waals surface area (Å²) in [6.07, 6.45) is 1.98. The summed E-state index contributed by atoms with van der Waals surface area (Å²) in [5, 5.41) is 6.47. The molecule has 2 N–H and O–H groups in total. The van der Waals surface area contributed by atoms with Gasteiger partial charge < -0.3 is 15.2 Å². The molecule has 4 rings (SSSR count). The zero-order valence-corrected chi connectivity index (χ0v) is 12.5. The summed E-state index contributed by atoms with van der Waals surface area (Å²) in [7, 11) is 0. The number of rotatable bonds is 4. The zero-order valence-electron chi connectivity index (χ0n) is 12.5. The lowest BCUT2D eigenvalue weighted by molar-refractivity contribution is 0.528. The minimum Gasteiger partial charge on any atom is -0.364 e. The van der Waals surface area contributed by atoms with E-state index in [-0.39, 0.29) is 6.04 Å². The molecule has 1 unspecified atom stereocenters. The molecule has 1 atom stereocenters. The molecule has 1 fully saturated rings. The van der Waals surface area contributed by atoms with E-state index in [1.54, 1.807) is 6.33 Å². The smallest absolute Gasteiger partial charge is 0.312 e. The summed E-state index contributed by atoms with van der Waals surface area (Å²) in [4.78, 5) is 12.2. The van der Waals surface area contributed by atoms with E-state index >= 15 is 0 Å². The molecule has 1 saturated heterocycles. The normalized spacial score (nSPS) is 17.7. The molecule has 6 nitrogen and oxygen atoms in total. The third-order valence-electron chi connectivity index (χ3n) is 4.12. The van der Waals surface area contributed by atoms with Crippen LogP contribution in [0.2, 0.25) is 0 Å². The van der Waals surface area contributed by atoms with Gasteiger partial charge in [0.1, 0.15) is 0 Å². The summed E-state index contributed by atoms with van der Waals surface area (Å²) < 4.78 is 15.8. The molecular weight excluding hydrogens is 295 g/mol. The predicted molar refractivity (Wildman–Crippen MR) is 85.6 cm³/mol. The first-order valence-corrected chi connectivity index (χ1v) is 7.70. The van der Waals surface area contributed by atoms with Gasteiger partial charge in [0.25, 0.3) is 0 Å². The molecule has 0 radical (unpaired) electrons. The number of hydrogen-bond donors (Lipinski definition) is 2. The number of nitrogens with one attached hydrogen (secondary N) is 2. The summed E-state index contributed by atoms with van der Waals surface area (Å²) in [6.45, 7) is 2.37. The molecule has 23 heavy (non-hydrogen) atoms. The predicted octanol–water partition coefficient (Wildman–Crippen LogP) is 2.11. The van der Waals surface area contributed by atoms with Gasteiger partial charge in [0, 0.05) is 13.1 Å². The molecule has 7 heteroatoms. The van der Waals surface area contributed by atoms with Gasteiger partial charge in [-0.25, -0.2) is 4.98 Å². The van der Waals surface area contributed by atoms with Gasteiger partial charge in [0.05, 0.1) is 12.4 Å². The number of benzene rings is 1. The monoisotopic (exact) mass is 312 g/mol. The largest absolute Gasteiger partial charge is 0.364 e. The van der Waals surface area contributed by atoms with Crippen molar-refractivity contribution >= 4 is 17.0 Å². The van der Waals surface area contributed by atoms with Crippen molar-refractivity contribution in [2.24, 2.45) is 0 Å². The molecule has 3 aromatic rings. The SMILES string of the molecule is Fc1nc(NCc2ccccc2)c2ncn(C3CCNC3)c2n1. The van der Waals surface area contributed by atoms with Gasteiger partial charge in [-0.05, 0) is 18.5 Å². The van der Waals surface area contributed by atoms with Crippen LogP contribution in [0.15, 0.2) is 36.7 Å². The quantitative estimate of drug-likeness (QED) is 0.722. The number of imidazole rings is 1. The Labute approximate surface area is 132 Å². The van der Waals surface area contributed by atoms with Crippen molar-refractivity contribution in [3.8, 4) is 0 Å². The molecule has 1 aliphatic rings. The molecule has 1 aliphatic heterocycles. The fourth-order valence-electron chi connectivity index (χ4n) is 2.94. The van der Waals surface area contributed by atoms with E-state index in [0.29, 0.717) is 23.5 Å². The van der Waals surface area contributed by atoms with Crippen LogP contribution < -0.4 is 10.6 Å². The Hall–Kier alpha value is -2.54. The second-order valence-corrected chi connectivity index (χ2v) is 5.65. The zero-order chi connectivity index (χ0) is 15.6. The van der Waals surface area contributed by atoms with Gasteiger partial charge in [-0.1, -0.05) is 30.3 Å². The van der Waals surface area contributed by atoms with E-state index < -0.39 is 6.08 Å². The van der Waals surface area contributed by atoms with E-state index in [4.69, 9.17) is 0 Å². The van der Waals surface area contributed by atoms with E-state index in [9.17, 15) is 4.39 Å². The molecular formula is C16H17FN6. The van der Waals surface area contributed by atoms with Crippen molar-refractivity contribution in [3.63, 3.8) is 0 Å². The standard InChI is InChI=1S/C16H17FN6/c17-16-21-14(19-8-11-4-2-1-3-5-11)13-15(22-16)23(10-20-13)12-6-7-18-9-12/h1-5,10,12,18H,6-9H2,(H,19,21,22). The molecule has 0 saturated carbocycles. The molecule has 118 valence electrons. The first-order valence-electron chi connectivity index (χ1n) is 7.70. The number of halogens is 1. The fourth-order valence-corrected chi connectivity index (χ4v) is 2.94. The Morgan fingerprint density at radius 3 is 2.91 bits per heavy atom. The summed E-state index contributed by atoms with van der Waals surface area (Å²) >= 11 is 0. The molecule has 3 heterocycles. The topological polar surface area (TPSA) is 67.7 Å². The molecule has 0 aliphatic carbocycles. The van der Waals surface area contributed by atoms with Crippen molar-refractivity contribution in [2.75, 3.05) is 18.4 Å². The van der Waals surface area contributed by atoms with Crippen molar-refractivity contribution in [1.29, 1.82) is 0 Å². The van der Waals surface area contributed by atoms with E-state index in [1.807, 2.05) is 34.9 Å². The van der Waals surface area contributed by atoms with Crippen molar-refractivity contribution < 1.29 is 4.39 Å². The Kier molecular flexibility index (Phi) is 3.63. The lowest BCUT2D eigenvalue weighted by Crippen LogP contribution is -2.13. The fraction of sp³-hybridized carbons (Fsp3) is 0.312. The number of fused-ring (bicyclic) bond motifs is 1. The van der Waals surface area contributed by atoms with Crippen LogP contribution >= 0.6 is 0 Å².